The van der Waals surface area contributed by atoms with Crippen molar-refractivity contribution >= 4 is 17.4 Å². The molecule has 0 radical (unpaired) electrons. The summed E-state index contributed by atoms with van der Waals surface area (Å²) in [6.45, 7) is 2.25. The van der Waals surface area contributed by atoms with Crippen LogP contribution in [0.2, 0.25) is 0 Å². The summed E-state index contributed by atoms with van der Waals surface area (Å²) in [4.78, 5) is 0. The van der Waals surface area contributed by atoms with Crippen molar-refractivity contribution in [3.63, 3.8) is 0 Å². The van der Waals surface area contributed by atoms with Gasteiger partial charge in [0.15, 0.2) is 0 Å². The van der Waals surface area contributed by atoms with Crippen LogP contribution in [0.15, 0.2) is 18.2 Å². The minimum Gasteiger partial charge on any atom is -0.399 e. The largest absolute Gasteiger partial charge is 0.399 e. The second-order valence-corrected chi connectivity index (χ2v) is 5.52. The van der Waals surface area contributed by atoms with E-state index in [4.69, 9.17) is 5.73 Å². The normalized spacial score (nSPS) is 19.1. The second kappa shape index (κ2) is 4.93. The van der Waals surface area contributed by atoms with E-state index in [-0.39, 0.29) is 0 Å². The molecule has 0 saturated carbocycles. The Morgan fingerprint density at radius 3 is 3.13 bits per heavy atom. The van der Waals surface area contributed by atoms with Gasteiger partial charge in [-0.1, -0.05) is 19.4 Å². The number of thioether (sulfide) groups is 1. The summed E-state index contributed by atoms with van der Waals surface area (Å²) in [6.07, 6.45) is 5.16. The Morgan fingerprint density at radius 1 is 1.47 bits per heavy atom. The highest BCUT2D eigenvalue weighted by Gasteiger charge is 2.22. The first kappa shape index (κ1) is 10.9. The third-order valence-corrected chi connectivity index (χ3v) is 4.43. The molecule has 1 nitrogen and oxygen atoms in total. The summed E-state index contributed by atoms with van der Waals surface area (Å²) in [6, 6.07) is 6.40. The van der Waals surface area contributed by atoms with E-state index in [1.165, 1.54) is 42.6 Å². The van der Waals surface area contributed by atoms with E-state index < -0.39 is 0 Å². The number of aryl methyl sites for hydroxylation is 1. The number of rotatable bonds is 4. The van der Waals surface area contributed by atoms with E-state index in [1.54, 1.807) is 0 Å². The molecule has 0 spiro atoms. The summed E-state index contributed by atoms with van der Waals surface area (Å²) in [7, 11) is 0. The van der Waals surface area contributed by atoms with Crippen LogP contribution in [0.25, 0.3) is 0 Å². The average molecular weight is 221 g/mol. The average Bonchev–Trinajstić information content (AvgIpc) is 2.62. The lowest BCUT2D eigenvalue weighted by molar-refractivity contribution is 0.867. The molecule has 0 fully saturated rings. The first-order valence-electron chi connectivity index (χ1n) is 5.81. The van der Waals surface area contributed by atoms with Gasteiger partial charge in [-0.05, 0) is 48.3 Å². The molecule has 1 atom stereocenters. The monoisotopic (exact) mass is 221 g/mol. The van der Waals surface area contributed by atoms with E-state index in [1.807, 2.05) is 6.07 Å². The summed E-state index contributed by atoms with van der Waals surface area (Å²) in [5, 5.41) is 0.704. The standard InChI is InChI=1S/C13H19NS/c1-2-3-8-15-13-7-5-10-4-6-11(14)9-12(10)13/h4,6,9,13H,2-3,5,7-8,14H2,1H3. The van der Waals surface area contributed by atoms with Gasteiger partial charge >= 0.3 is 0 Å². The molecule has 82 valence electrons. The van der Waals surface area contributed by atoms with Gasteiger partial charge in [0.2, 0.25) is 0 Å². The maximum Gasteiger partial charge on any atom is 0.0317 e. The third kappa shape index (κ3) is 2.49. The van der Waals surface area contributed by atoms with E-state index in [0.717, 1.165) is 5.69 Å². The zero-order valence-corrected chi connectivity index (χ0v) is 10.1. The molecule has 1 aromatic carbocycles. The number of hydrogen-bond donors (Lipinski definition) is 1. The lowest BCUT2D eigenvalue weighted by Gasteiger charge is -2.11. The van der Waals surface area contributed by atoms with Gasteiger partial charge in [0.25, 0.3) is 0 Å². The Kier molecular flexibility index (Phi) is 3.57. The molecule has 1 aliphatic rings. The van der Waals surface area contributed by atoms with Crippen LogP contribution < -0.4 is 5.73 Å². The molecular formula is C13H19NS. The maximum absolute atomic E-state index is 5.84. The minimum absolute atomic E-state index is 0.704. The Balaban J connectivity index is 2.03. The molecule has 0 aliphatic heterocycles. The third-order valence-electron chi connectivity index (χ3n) is 3.01. The zero-order chi connectivity index (χ0) is 10.7. The molecule has 0 saturated heterocycles. The number of hydrogen-bond acceptors (Lipinski definition) is 2. The molecule has 1 aromatic rings. The number of anilines is 1. The molecular weight excluding hydrogens is 202 g/mol. The van der Waals surface area contributed by atoms with Crippen molar-refractivity contribution in [2.24, 2.45) is 0 Å². The van der Waals surface area contributed by atoms with Crippen molar-refractivity contribution in [3.8, 4) is 0 Å². The van der Waals surface area contributed by atoms with Gasteiger partial charge < -0.3 is 5.73 Å². The van der Waals surface area contributed by atoms with E-state index in [2.05, 4.69) is 30.8 Å². The highest BCUT2D eigenvalue weighted by molar-refractivity contribution is 7.99. The summed E-state index contributed by atoms with van der Waals surface area (Å²) in [5.41, 5.74) is 9.76. The van der Waals surface area contributed by atoms with Crippen LogP contribution >= 0.6 is 11.8 Å². The Bertz CT molecular complexity index is 335. The second-order valence-electron chi connectivity index (χ2n) is 4.21. The molecule has 2 N–H and O–H groups in total. The molecule has 2 rings (SSSR count). The predicted octanol–water partition coefficient (Wildman–Crippen LogP) is 3.79. The van der Waals surface area contributed by atoms with Gasteiger partial charge in [-0.2, -0.15) is 11.8 Å². The number of unbranched alkanes of at least 4 members (excludes halogenated alkanes) is 1. The molecule has 15 heavy (non-hydrogen) atoms. The van der Waals surface area contributed by atoms with Gasteiger partial charge in [-0.15, -0.1) is 0 Å². The maximum atomic E-state index is 5.84. The van der Waals surface area contributed by atoms with Crippen LogP contribution in [0.3, 0.4) is 0 Å². The van der Waals surface area contributed by atoms with Gasteiger partial charge in [0, 0.05) is 10.9 Å². The van der Waals surface area contributed by atoms with E-state index >= 15 is 0 Å². The van der Waals surface area contributed by atoms with Crippen molar-refractivity contribution in [1.29, 1.82) is 0 Å². The molecule has 2 heteroatoms. The Hall–Kier alpha value is -0.630. The predicted molar refractivity (Wildman–Crippen MR) is 69.3 cm³/mol. The first-order valence-corrected chi connectivity index (χ1v) is 6.86. The van der Waals surface area contributed by atoms with Crippen LogP contribution in [-0.4, -0.2) is 5.75 Å². The lowest BCUT2D eigenvalue weighted by atomic mass is 10.1. The van der Waals surface area contributed by atoms with Crippen LogP contribution in [-0.2, 0) is 6.42 Å². The number of nitrogen functional groups attached to an aromatic ring is 1. The number of fused-ring (bicyclic) bond motifs is 1. The van der Waals surface area contributed by atoms with Crippen LogP contribution in [0.1, 0.15) is 42.6 Å². The smallest absolute Gasteiger partial charge is 0.0317 e. The fourth-order valence-corrected chi connectivity index (χ4v) is 3.55. The molecule has 1 aliphatic carbocycles. The Labute approximate surface area is 96.4 Å². The Morgan fingerprint density at radius 2 is 2.33 bits per heavy atom. The van der Waals surface area contributed by atoms with Gasteiger partial charge in [0.05, 0.1) is 0 Å². The highest BCUT2D eigenvalue weighted by atomic mass is 32.2. The number of benzene rings is 1. The zero-order valence-electron chi connectivity index (χ0n) is 9.33. The SMILES string of the molecule is CCCCSC1CCc2ccc(N)cc21. The van der Waals surface area contributed by atoms with Crippen molar-refractivity contribution in [2.75, 3.05) is 11.5 Å². The van der Waals surface area contributed by atoms with Crippen LogP contribution in [0.4, 0.5) is 5.69 Å². The molecule has 1 unspecified atom stereocenters. The topological polar surface area (TPSA) is 26.0 Å². The summed E-state index contributed by atoms with van der Waals surface area (Å²) >= 11 is 2.10. The van der Waals surface area contributed by atoms with Crippen LogP contribution in [0.5, 0.6) is 0 Å². The van der Waals surface area contributed by atoms with Crippen molar-refractivity contribution in [3.05, 3.63) is 29.3 Å². The highest BCUT2D eigenvalue weighted by Crippen LogP contribution is 2.42. The molecule has 0 heterocycles. The summed E-state index contributed by atoms with van der Waals surface area (Å²) < 4.78 is 0. The van der Waals surface area contributed by atoms with Crippen molar-refractivity contribution in [1.82, 2.24) is 0 Å². The first-order chi connectivity index (χ1) is 7.31. The van der Waals surface area contributed by atoms with Crippen molar-refractivity contribution in [2.45, 2.75) is 37.9 Å². The number of nitrogens with two attached hydrogens (primary N) is 1. The molecule has 0 aromatic heterocycles. The minimum atomic E-state index is 0.704. The van der Waals surface area contributed by atoms with Crippen molar-refractivity contribution < 1.29 is 0 Å². The van der Waals surface area contributed by atoms with Gasteiger partial charge in [0.1, 0.15) is 0 Å². The lowest BCUT2D eigenvalue weighted by Crippen LogP contribution is -1.92. The summed E-state index contributed by atoms with van der Waals surface area (Å²) in [5.74, 6) is 1.29. The fraction of sp³-hybridized carbons (Fsp3) is 0.538. The quantitative estimate of drug-likeness (QED) is 0.618. The molecule has 0 amide bonds. The van der Waals surface area contributed by atoms with E-state index in [9.17, 15) is 0 Å². The fourth-order valence-electron chi connectivity index (χ4n) is 2.13. The van der Waals surface area contributed by atoms with Crippen LogP contribution in [0, 0.1) is 0 Å². The van der Waals surface area contributed by atoms with Gasteiger partial charge in [-0.3, -0.25) is 0 Å². The van der Waals surface area contributed by atoms with Gasteiger partial charge in [-0.25, -0.2) is 0 Å². The van der Waals surface area contributed by atoms with E-state index in [0.29, 0.717) is 5.25 Å². The molecule has 0 bridgehead atoms.